The molecule has 1 aromatic carbocycles. The van der Waals surface area contributed by atoms with Crippen molar-refractivity contribution in [1.82, 2.24) is 0 Å². The van der Waals surface area contributed by atoms with E-state index in [1.165, 1.54) is 0 Å². The number of rotatable bonds is 2. The Balaban J connectivity index is 2.18. The number of benzene rings is 1. The normalized spacial score (nSPS) is 27.5. The van der Waals surface area contributed by atoms with E-state index in [0.717, 1.165) is 12.0 Å². The minimum Gasteiger partial charge on any atom is -0.270 e. The summed E-state index contributed by atoms with van der Waals surface area (Å²) in [5.41, 5.74) is 0.602. The first kappa shape index (κ1) is 9.92. The Hall–Kier alpha value is -1.62. The fraction of sp³-hybridized carbons (Fsp3) is 0.385. The number of aliphatic imine (C=N–C) groups is 1. The number of nitriles is 1. The van der Waals surface area contributed by atoms with Crippen LogP contribution in [0.4, 0.5) is 0 Å². The molecule has 0 N–H and O–H groups in total. The fourth-order valence-corrected chi connectivity index (χ4v) is 1.76. The third-order valence-corrected chi connectivity index (χ3v) is 3.11. The highest BCUT2D eigenvalue weighted by Crippen LogP contribution is 2.57. The van der Waals surface area contributed by atoms with Gasteiger partial charge in [0.25, 0.3) is 0 Å². The zero-order chi connectivity index (χ0) is 10.9. The van der Waals surface area contributed by atoms with Crippen molar-refractivity contribution in [2.24, 2.45) is 10.4 Å². The topological polar surface area (TPSA) is 36.1 Å². The molecule has 1 aromatic rings. The lowest BCUT2D eigenvalue weighted by molar-refractivity contribution is 0.569. The molecule has 0 amide bonds. The predicted octanol–water partition coefficient (Wildman–Crippen LogP) is 2.80. The van der Waals surface area contributed by atoms with E-state index >= 15 is 0 Å². The van der Waals surface area contributed by atoms with Crippen LogP contribution >= 0.6 is 0 Å². The van der Waals surface area contributed by atoms with Gasteiger partial charge in [0.2, 0.25) is 0 Å². The molecule has 76 valence electrons. The number of hydrogen-bond acceptors (Lipinski definition) is 2. The summed E-state index contributed by atoms with van der Waals surface area (Å²) in [5, 5.41) is 9.11. The van der Waals surface area contributed by atoms with Crippen LogP contribution in [0.1, 0.15) is 25.8 Å². The molecular weight excluding hydrogens is 184 g/mol. The Morgan fingerprint density at radius 2 is 1.93 bits per heavy atom. The van der Waals surface area contributed by atoms with Crippen molar-refractivity contribution < 1.29 is 0 Å². The van der Waals surface area contributed by atoms with Crippen LogP contribution in [0, 0.1) is 16.7 Å². The molecule has 0 spiro atoms. The summed E-state index contributed by atoms with van der Waals surface area (Å²) in [5.74, 6) is 0. The van der Waals surface area contributed by atoms with Crippen LogP contribution in [0.25, 0.3) is 0 Å². The summed E-state index contributed by atoms with van der Waals surface area (Å²) in [7, 11) is 0. The van der Waals surface area contributed by atoms with Gasteiger partial charge in [-0.3, -0.25) is 4.99 Å². The third-order valence-electron chi connectivity index (χ3n) is 3.11. The number of hydrogen-bond donors (Lipinski definition) is 0. The monoisotopic (exact) mass is 198 g/mol. The zero-order valence-electron chi connectivity index (χ0n) is 9.07. The average Bonchev–Trinajstić information content (AvgIpc) is 2.80. The first-order chi connectivity index (χ1) is 7.10. The van der Waals surface area contributed by atoms with Crippen molar-refractivity contribution in [3.63, 3.8) is 0 Å². The number of nitrogens with zero attached hydrogens (tertiary/aromatic N) is 2. The van der Waals surface area contributed by atoms with Gasteiger partial charge in [0.1, 0.15) is 0 Å². The first-order valence-electron chi connectivity index (χ1n) is 5.11. The standard InChI is InChI=1S/C13H14N2/c1-12(2)9-13(12,10-14)15-8-11-6-4-3-5-7-11/h3-8H,9H2,1-2H3/t13-/m0/s1. The lowest BCUT2D eigenvalue weighted by Gasteiger charge is -2.05. The molecule has 0 aliphatic heterocycles. The summed E-state index contributed by atoms with van der Waals surface area (Å²) in [4.78, 5) is 4.42. The summed E-state index contributed by atoms with van der Waals surface area (Å²) in [6.45, 7) is 4.16. The summed E-state index contributed by atoms with van der Waals surface area (Å²) in [6.07, 6.45) is 2.66. The molecule has 2 heteroatoms. The van der Waals surface area contributed by atoms with E-state index in [1.807, 2.05) is 30.3 Å². The quantitative estimate of drug-likeness (QED) is 0.673. The predicted molar refractivity (Wildman–Crippen MR) is 60.8 cm³/mol. The molecule has 15 heavy (non-hydrogen) atoms. The smallest absolute Gasteiger partial charge is 0.152 e. The van der Waals surface area contributed by atoms with Gasteiger partial charge in [-0.2, -0.15) is 5.26 Å². The molecule has 2 nitrogen and oxygen atoms in total. The molecule has 1 aliphatic carbocycles. The molecule has 1 aliphatic rings. The average molecular weight is 198 g/mol. The van der Waals surface area contributed by atoms with Crippen LogP contribution < -0.4 is 0 Å². The minimum absolute atomic E-state index is 0.0348. The maximum absolute atomic E-state index is 9.11. The van der Waals surface area contributed by atoms with E-state index in [0.29, 0.717) is 0 Å². The van der Waals surface area contributed by atoms with Crippen LogP contribution in [0.2, 0.25) is 0 Å². The molecule has 0 bridgehead atoms. The molecule has 0 unspecified atom stereocenters. The van der Waals surface area contributed by atoms with Crippen molar-refractivity contribution in [3.8, 4) is 6.07 Å². The van der Waals surface area contributed by atoms with E-state index in [9.17, 15) is 0 Å². The van der Waals surface area contributed by atoms with Gasteiger partial charge in [0, 0.05) is 11.6 Å². The Kier molecular flexibility index (Phi) is 2.12. The molecule has 0 aromatic heterocycles. The summed E-state index contributed by atoms with van der Waals surface area (Å²) < 4.78 is 0. The van der Waals surface area contributed by atoms with Crippen LogP contribution in [0.15, 0.2) is 35.3 Å². The maximum atomic E-state index is 9.11. The maximum Gasteiger partial charge on any atom is 0.152 e. The molecule has 0 heterocycles. The van der Waals surface area contributed by atoms with Gasteiger partial charge in [0.05, 0.1) is 6.07 Å². The molecule has 1 atom stereocenters. The molecule has 0 radical (unpaired) electrons. The molecule has 1 fully saturated rings. The molecule has 1 saturated carbocycles. The van der Waals surface area contributed by atoms with Crippen LogP contribution in [0.3, 0.4) is 0 Å². The van der Waals surface area contributed by atoms with E-state index in [-0.39, 0.29) is 5.41 Å². The van der Waals surface area contributed by atoms with Gasteiger partial charge in [-0.1, -0.05) is 44.2 Å². The molecular formula is C13H14N2. The van der Waals surface area contributed by atoms with Crippen molar-refractivity contribution in [1.29, 1.82) is 5.26 Å². The second kappa shape index (κ2) is 3.20. The zero-order valence-corrected chi connectivity index (χ0v) is 9.07. The first-order valence-corrected chi connectivity index (χ1v) is 5.11. The van der Waals surface area contributed by atoms with Gasteiger partial charge in [0.15, 0.2) is 5.54 Å². The highest BCUT2D eigenvalue weighted by Gasteiger charge is 2.62. The minimum atomic E-state index is -0.483. The Morgan fingerprint density at radius 3 is 2.40 bits per heavy atom. The Bertz CT molecular complexity index is 426. The van der Waals surface area contributed by atoms with Crippen LogP contribution in [0.5, 0.6) is 0 Å². The Morgan fingerprint density at radius 1 is 1.33 bits per heavy atom. The second-order valence-corrected chi connectivity index (χ2v) is 4.70. The Labute approximate surface area is 90.3 Å². The van der Waals surface area contributed by atoms with Crippen LogP contribution in [-0.2, 0) is 0 Å². The van der Waals surface area contributed by atoms with Gasteiger partial charge >= 0.3 is 0 Å². The van der Waals surface area contributed by atoms with Crippen molar-refractivity contribution in [2.75, 3.05) is 0 Å². The molecule has 2 rings (SSSR count). The van der Waals surface area contributed by atoms with Gasteiger partial charge in [-0.25, -0.2) is 0 Å². The SMILES string of the molecule is CC1(C)C[C@@]1(C#N)N=Cc1ccccc1. The highest BCUT2D eigenvalue weighted by atomic mass is 15.0. The van der Waals surface area contributed by atoms with E-state index < -0.39 is 5.54 Å². The van der Waals surface area contributed by atoms with Gasteiger partial charge in [-0.15, -0.1) is 0 Å². The van der Waals surface area contributed by atoms with E-state index in [1.54, 1.807) is 6.21 Å². The van der Waals surface area contributed by atoms with Gasteiger partial charge < -0.3 is 0 Å². The van der Waals surface area contributed by atoms with Crippen molar-refractivity contribution in [3.05, 3.63) is 35.9 Å². The fourth-order valence-electron chi connectivity index (χ4n) is 1.76. The lowest BCUT2D eigenvalue weighted by Crippen LogP contribution is -2.10. The highest BCUT2D eigenvalue weighted by molar-refractivity contribution is 5.80. The van der Waals surface area contributed by atoms with E-state index in [2.05, 4.69) is 24.9 Å². The van der Waals surface area contributed by atoms with Crippen molar-refractivity contribution >= 4 is 6.21 Å². The van der Waals surface area contributed by atoms with Crippen LogP contribution in [-0.4, -0.2) is 11.8 Å². The molecule has 0 saturated heterocycles. The lowest BCUT2D eigenvalue weighted by atomic mass is 10.1. The summed E-state index contributed by atoms with van der Waals surface area (Å²) in [6, 6.07) is 12.2. The largest absolute Gasteiger partial charge is 0.270 e. The summed E-state index contributed by atoms with van der Waals surface area (Å²) >= 11 is 0. The van der Waals surface area contributed by atoms with E-state index in [4.69, 9.17) is 5.26 Å². The van der Waals surface area contributed by atoms with Crippen molar-refractivity contribution in [2.45, 2.75) is 25.8 Å². The third kappa shape index (κ3) is 1.66. The second-order valence-electron chi connectivity index (χ2n) is 4.70. The van der Waals surface area contributed by atoms with Gasteiger partial charge in [-0.05, 0) is 12.0 Å².